The first-order chi connectivity index (χ1) is 9.51. The van der Waals surface area contributed by atoms with Gasteiger partial charge < -0.3 is 10.5 Å². The Morgan fingerprint density at radius 1 is 1.15 bits per heavy atom. The molecule has 1 atom stereocenters. The fourth-order valence-corrected chi connectivity index (χ4v) is 2.17. The normalized spacial score (nSPS) is 12.2. The quantitative estimate of drug-likeness (QED) is 0.779. The van der Waals surface area contributed by atoms with Crippen LogP contribution in [0.5, 0.6) is 11.5 Å². The molecule has 0 saturated heterocycles. The standard InChI is InChI=1S/C14H13Cl3N2O/c1-2-12(18)13-4-3-8(7-19-13)20-14-6-10(16)9(15)5-11(14)17/h3-7,12H,2,18H2,1H3. The lowest BCUT2D eigenvalue weighted by Crippen LogP contribution is -2.10. The Hall–Kier alpha value is -1.00. The molecule has 2 aromatic rings. The molecular weight excluding hydrogens is 319 g/mol. The molecule has 106 valence electrons. The maximum absolute atomic E-state index is 6.05. The Balaban J connectivity index is 2.20. The summed E-state index contributed by atoms with van der Waals surface area (Å²) in [6, 6.07) is 6.65. The fraction of sp³-hybridized carbons (Fsp3) is 0.214. The lowest BCUT2D eigenvalue weighted by atomic mass is 10.1. The number of hydrogen-bond acceptors (Lipinski definition) is 3. The molecule has 3 nitrogen and oxygen atoms in total. The van der Waals surface area contributed by atoms with Crippen molar-refractivity contribution in [2.75, 3.05) is 0 Å². The van der Waals surface area contributed by atoms with Crippen LogP contribution in [0.1, 0.15) is 25.1 Å². The van der Waals surface area contributed by atoms with Crippen LogP contribution in [-0.2, 0) is 0 Å². The largest absolute Gasteiger partial charge is 0.454 e. The minimum Gasteiger partial charge on any atom is -0.454 e. The first kappa shape index (κ1) is 15.4. The molecule has 6 heteroatoms. The molecular formula is C14H13Cl3N2O. The molecule has 0 saturated carbocycles. The van der Waals surface area contributed by atoms with E-state index < -0.39 is 0 Å². The van der Waals surface area contributed by atoms with E-state index in [2.05, 4.69) is 4.98 Å². The third kappa shape index (κ3) is 3.55. The van der Waals surface area contributed by atoms with Crippen LogP contribution in [0.2, 0.25) is 15.1 Å². The highest BCUT2D eigenvalue weighted by Crippen LogP contribution is 2.36. The van der Waals surface area contributed by atoms with Crippen molar-refractivity contribution in [1.82, 2.24) is 4.98 Å². The average Bonchev–Trinajstić information content (AvgIpc) is 2.44. The topological polar surface area (TPSA) is 48.1 Å². The van der Waals surface area contributed by atoms with E-state index in [0.717, 1.165) is 12.1 Å². The van der Waals surface area contributed by atoms with Crippen LogP contribution in [0.15, 0.2) is 30.5 Å². The van der Waals surface area contributed by atoms with Gasteiger partial charge in [-0.25, -0.2) is 0 Å². The van der Waals surface area contributed by atoms with Crippen molar-refractivity contribution >= 4 is 34.8 Å². The molecule has 0 radical (unpaired) electrons. The van der Waals surface area contributed by atoms with Gasteiger partial charge >= 0.3 is 0 Å². The van der Waals surface area contributed by atoms with Gasteiger partial charge in [-0.15, -0.1) is 0 Å². The highest BCUT2D eigenvalue weighted by atomic mass is 35.5. The first-order valence-electron chi connectivity index (χ1n) is 6.05. The Bertz CT molecular complexity index is 602. The SMILES string of the molecule is CCC(N)c1ccc(Oc2cc(Cl)c(Cl)cc2Cl)cn1. The molecule has 2 N–H and O–H groups in total. The molecule has 1 unspecified atom stereocenters. The van der Waals surface area contributed by atoms with E-state index >= 15 is 0 Å². The predicted octanol–water partition coefficient (Wildman–Crippen LogP) is 5.24. The van der Waals surface area contributed by atoms with Gasteiger partial charge in [-0.2, -0.15) is 0 Å². The smallest absolute Gasteiger partial charge is 0.147 e. The van der Waals surface area contributed by atoms with E-state index in [4.69, 9.17) is 45.3 Å². The van der Waals surface area contributed by atoms with Gasteiger partial charge in [-0.05, 0) is 24.6 Å². The molecule has 0 aliphatic heterocycles. The van der Waals surface area contributed by atoms with E-state index in [1.165, 1.54) is 6.07 Å². The maximum Gasteiger partial charge on any atom is 0.147 e. The second-order valence-electron chi connectivity index (χ2n) is 4.23. The van der Waals surface area contributed by atoms with Crippen LogP contribution < -0.4 is 10.5 Å². The molecule has 2 rings (SSSR count). The lowest BCUT2D eigenvalue weighted by molar-refractivity contribution is 0.479. The van der Waals surface area contributed by atoms with Gasteiger partial charge in [0.05, 0.1) is 27.0 Å². The van der Waals surface area contributed by atoms with Gasteiger partial charge in [0.1, 0.15) is 11.5 Å². The summed E-state index contributed by atoms with van der Waals surface area (Å²) in [5.74, 6) is 0.979. The summed E-state index contributed by atoms with van der Waals surface area (Å²) >= 11 is 17.8. The number of aromatic nitrogens is 1. The van der Waals surface area contributed by atoms with Crippen molar-refractivity contribution in [3.63, 3.8) is 0 Å². The van der Waals surface area contributed by atoms with E-state index in [0.29, 0.717) is 26.6 Å². The second kappa shape index (κ2) is 6.64. The molecule has 20 heavy (non-hydrogen) atoms. The summed E-state index contributed by atoms with van der Waals surface area (Å²) in [4.78, 5) is 4.26. The minimum atomic E-state index is -0.0717. The molecule has 0 bridgehead atoms. The van der Waals surface area contributed by atoms with Crippen molar-refractivity contribution in [1.29, 1.82) is 0 Å². The molecule has 1 heterocycles. The van der Waals surface area contributed by atoms with Crippen molar-refractivity contribution in [2.45, 2.75) is 19.4 Å². The second-order valence-corrected chi connectivity index (χ2v) is 5.45. The minimum absolute atomic E-state index is 0.0717. The van der Waals surface area contributed by atoms with Crippen molar-refractivity contribution in [3.05, 3.63) is 51.2 Å². The highest BCUT2D eigenvalue weighted by molar-refractivity contribution is 6.43. The summed E-state index contributed by atoms with van der Waals surface area (Å²) in [5.41, 5.74) is 6.72. The van der Waals surface area contributed by atoms with E-state index in [1.807, 2.05) is 13.0 Å². The summed E-state index contributed by atoms with van der Waals surface area (Å²) in [5, 5.41) is 1.14. The Kier molecular flexibility index (Phi) is 5.11. The molecule has 1 aromatic carbocycles. The van der Waals surface area contributed by atoms with Crippen LogP contribution in [0.3, 0.4) is 0 Å². The lowest BCUT2D eigenvalue weighted by Gasteiger charge is -2.11. The summed E-state index contributed by atoms with van der Waals surface area (Å²) in [6.45, 7) is 2.01. The average molecular weight is 332 g/mol. The Morgan fingerprint density at radius 3 is 2.45 bits per heavy atom. The molecule has 0 fully saturated rings. The summed E-state index contributed by atoms with van der Waals surface area (Å²) in [6.07, 6.45) is 2.43. The number of hydrogen-bond donors (Lipinski definition) is 1. The van der Waals surface area contributed by atoms with E-state index in [1.54, 1.807) is 18.3 Å². The summed E-state index contributed by atoms with van der Waals surface area (Å²) < 4.78 is 5.63. The van der Waals surface area contributed by atoms with E-state index in [9.17, 15) is 0 Å². The van der Waals surface area contributed by atoms with Crippen LogP contribution in [0.25, 0.3) is 0 Å². The third-order valence-corrected chi connectivity index (χ3v) is 3.80. The van der Waals surface area contributed by atoms with Gasteiger partial charge in [0.2, 0.25) is 0 Å². The van der Waals surface area contributed by atoms with Crippen LogP contribution in [-0.4, -0.2) is 4.98 Å². The first-order valence-corrected chi connectivity index (χ1v) is 7.18. The van der Waals surface area contributed by atoms with Gasteiger partial charge in [0.15, 0.2) is 0 Å². The molecule has 0 aliphatic carbocycles. The number of benzene rings is 1. The molecule has 1 aromatic heterocycles. The third-order valence-electron chi connectivity index (χ3n) is 2.78. The maximum atomic E-state index is 6.05. The number of rotatable bonds is 4. The van der Waals surface area contributed by atoms with Crippen LogP contribution in [0.4, 0.5) is 0 Å². The van der Waals surface area contributed by atoms with Gasteiger partial charge in [0.25, 0.3) is 0 Å². The predicted molar refractivity (Wildman–Crippen MR) is 83.0 cm³/mol. The Morgan fingerprint density at radius 2 is 1.85 bits per heavy atom. The van der Waals surface area contributed by atoms with Crippen molar-refractivity contribution in [3.8, 4) is 11.5 Å². The van der Waals surface area contributed by atoms with E-state index in [-0.39, 0.29) is 6.04 Å². The Labute approximate surface area is 132 Å². The monoisotopic (exact) mass is 330 g/mol. The summed E-state index contributed by atoms with van der Waals surface area (Å²) in [7, 11) is 0. The highest BCUT2D eigenvalue weighted by Gasteiger charge is 2.09. The van der Waals surface area contributed by atoms with Crippen molar-refractivity contribution in [2.24, 2.45) is 5.73 Å². The molecule has 0 spiro atoms. The fourth-order valence-electron chi connectivity index (χ4n) is 1.59. The van der Waals surface area contributed by atoms with Crippen LogP contribution in [0, 0.1) is 0 Å². The zero-order valence-electron chi connectivity index (χ0n) is 10.7. The van der Waals surface area contributed by atoms with Crippen molar-refractivity contribution < 1.29 is 4.74 Å². The van der Waals surface area contributed by atoms with Gasteiger partial charge in [-0.1, -0.05) is 41.7 Å². The zero-order valence-corrected chi connectivity index (χ0v) is 13.0. The molecule has 0 amide bonds. The molecule has 0 aliphatic rings. The number of pyridine rings is 1. The number of nitrogens with two attached hydrogens (primary N) is 1. The number of halogens is 3. The number of ether oxygens (including phenoxy) is 1. The van der Waals surface area contributed by atoms with Gasteiger partial charge in [0, 0.05) is 12.1 Å². The van der Waals surface area contributed by atoms with Gasteiger partial charge in [-0.3, -0.25) is 4.98 Å². The number of nitrogens with zero attached hydrogens (tertiary/aromatic N) is 1. The zero-order chi connectivity index (χ0) is 14.7. The van der Waals surface area contributed by atoms with Crippen LogP contribution >= 0.6 is 34.8 Å².